The van der Waals surface area contributed by atoms with Gasteiger partial charge in [-0.05, 0) is 36.4 Å². The van der Waals surface area contributed by atoms with Crippen LogP contribution >= 0.6 is 23.2 Å². The van der Waals surface area contributed by atoms with Gasteiger partial charge < -0.3 is 27.2 Å². The number of phenolic OH excluding ortho intramolecular Hbond substituents is 2. The normalized spacial score (nSPS) is 10.4. The first kappa shape index (κ1) is 21.9. The molecule has 10 heteroatoms. The number of nitrogens with zero attached hydrogens (tertiary/aromatic N) is 3. The van der Waals surface area contributed by atoms with Gasteiger partial charge in [0.25, 0.3) is 6.33 Å². The van der Waals surface area contributed by atoms with Crippen LogP contribution in [0.5, 0.6) is 11.5 Å². The van der Waals surface area contributed by atoms with Crippen molar-refractivity contribution in [1.29, 1.82) is 0 Å². The number of benzene rings is 2. The van der Waals surface area contributed by atoms with Crippen LogP contribution in [0.25, 0.3) is 0 Å². The summed E-state index contributed by atoms with van der Waals surface area (Å²) in [5, 5.41) is 24.3. The van der Waals surface area contributed by atoms with Gasteiger partial charge in [0.15, 0.2) is 6.54 Å². The fourth-order valence-corrected chi connectivity index (χ4v) is 2.82. The smallest absolute Gasteiger partial charge is 0.265 e. The minimum atomic E-state index is -0.360. The Kier molecular flexibility index (Phi) is 7.17. The van der Waals surface area contributed by atoms with Gasteiger partial charge in [0.1, 0.15) is 18.0 Å². The highest BCUT2D eigenvalue weighted by molar-refractivity contribution is 6.31. The largest absolute Gasteiger partial charge is 1.00 e. The average Bonchev–Trinajstić information content (AvgIpc) is 3.01. The maximum absolute atomic E-state index is 12.3. The van der Waals surface area contributed by atoms with Gasteiger partial charge in [0.2, 0.25) is 17.9 Å². The highest BCUT2D eigenvalue weighted by atomic mass is 79.9. The van der Waals surface area contributed by atoms with Crippen molar-refractivity contribution in [2.75, 3.05) is 0 Å². The predicted octanol–water partition coefficient (Wildman–Crippen LogP) is -0.342. The lowest BCUT2D eigenvalue weighted by atomic mass is 10.1. The zero-order chi connectivity index (χ0) is 19.6. The fraction of sp³-hybridized carbons (Fsp3) is 0.111. The highest BCUT2D eigenvalue weighted by Gasteiger charge is 2.19. The second-order valence-electron chi connectivity index (χ2n) is 5.79. The molecule has 0 saturated carbocycles. The number of hydrogen-bond donors (Lipinski definition) is 2. The van der Waals surface area contributed by atoms with Crippen LogP contribution in [0.15, 0.2) is 49.1 Å². The van der Waals surface area contributed by atoms with E-state index in [1.807, 2.05) is 0 Å². The topological polar surface area (TPSA) is 96.3 Å². The lowest BCUT2D eigenvalue weighted by Crippen LogP contribution is -3.00. The summed E-state index contributed by atoms with van der Waals surface area (Å²) < 4.78 is 2.82. The molecule has 0 radical (unpaired) electrons. The van der Waals surface area contributed by atoms with E-state index in [9.17, 15) is 19.8 Å². The first-order valence-corrected chi connectivity index (χ1v) is 8.54. The molecule has 0 unspecified atom stereocenters. The summed E-state index contributed by atoms with van der Waals surface area (Å²) in [7, 11) is 0. The van der Waals surface area contributed by atoms with Crippen LogP contribution in [0, 0.1) is 0 Å². The van der Waals surface area contributed by atoms with Crippen molar-refractivity contribution in [3.05, 3.63) is 70.2 Å². The third kappa shape index (κ3) is 5.09. The molecule has 3 aromatic rings. The van der Waals surface area contributed by atoms with Gasteiger partial charge in [0.05, 0.1) is 11.1 Å². The molecule has 0 saturated heterocycles. The zero-order valence-corrected chi connectivity index (χ0v) is 17.3. The molecule has 0 spiro atoms. The van der Waals surface area contributed by atoms with Gasteiger partial charge in [0, 0.05) is 15.1 Å². The molecule has 0 aliphatic rings. The summed E-state index contributed by atoms with van der Waals surface area (Å²) in [6.07, 6.45) is 2.87. The molecule has 0 atom stereocenters. The lowest BCUT2D eigenvalue weighted by molar-refractivity contribution is -0.683. The molecule has 1 aromatic heterocycles. The van der Waals surface area contributed by atoms with Crippen LogP contribution in [0.1, 0.15) is 20.7 Å². The standard InChI is InChI=1S/C18H13Cl2N3O4.BrH/c19-11-1-3-13(15(24)5-11)17(26)7-22-9-21-23(10-22)8-18(27)14-4-2-12(20)6-16(14)25;/h1-6,9-10H,7-8H2,(H-,24,25,26,27);1H. The Balaban J connectivity index is 0.00000280. The molecule has 146 valence electrons. The molecule has 0 bridgehead atoms. The van der Waals surface area contributed by atoms with E-state index in [2.05, 4.69) is 5.10 Å². The van der Waals surface area contributed by atoms with Gasteiger partial charge in [-0.25, -0.2) is 4.57 Å². The van der Waals surface area contributed by atoms with E-state index in [-0.39, 0.29) is 64.3 Å². The summed E-state index contributed by atoms with van der Waals surface area (Å²) in [4.78, 5) is 24.6. The van der Waals surface area contributed by atoms with Crippen molar-refractivity contribution in [1.82, 2.24) is 9.78 Å². The number of rotatable bonds is 6. The van der Waals surface area contributed by atoms with Gasteiger partial charge in [-0.3, -0.25) is 9.59 Å². The molecule has 2 aromatic carbocycles. The summed E-state index contributed by atoms with van der Waals surface area (Å²) >= 11 is 11.5. The van der Waals surface area contributed by atoms with Gasteiger partial charge in [-0.1, -0.05) is 23.2 Å². The Hall–Kier alpha value is -2.42. The Labute approximate surface area is 180 Å². The van der Waals surface area contributed by atoms with E-state index in [1.165, 1.54) is 58.3 Å². The van der Waals surface area contributed by atoms with Crippen molar-refractivity contribution in [3.63, 3.8) is 0 Å². The van der Waals surface area contributed by atoms with E-state index in [0.717, 1.165) is 0 Å². The number of carbonyl (C=O) groups is 2. The van der Waals surface area contributed by atoms with Crippen LogP contribution in [-0.4, -0.2) is 31.6 Å². The zero-order valence-electron chi connectivity index (χ0n) is 14.2. The maximum Gasteiger partial charge on any atom is 0.265 e. The van der Waals surface area contributed by atoms with E-state index in [4.69, 9.17) is 23.2 Å². The Morgan fingerprint density at radius 3 is 2.04 bits per heavy atom. The summed E-state index contributed by atoms with van der Waals surface area (Å²) in [6, 6.07) is 8.48. The first-order valence-electron chi connectivity index (χ1n) is 7.78. The molecular weight excluding hydrogens is 473 g/mol. The van der Waals surface area contributed by atoms with Crippen LogP contribution < -0.4 is 21.5 Å². The summed E-state index contributed by atoms with van der Waals surface area (Å²) in [6.45, 7) is -0.196. The van der Waals surface area contributed by atoms with Gasteiger partial charge in [-0.2, -0.15) is 0 Å². The quantitative estimate of drug-likeness (QED) is 0.367. The van der Waals surface area contributed by atoms with Crippen molar-refractivity contribution in [2.45, 2.75) is 13.1 Å². The third-order valence-corrected chi connectivity index (χ3v) is 4.25. The lowest BCUT2D eigenvalue weighted by Gasteiger charge is -2.03. The maximum atomic E-state index is 12.3. The Morgan fingerprint density at radius 2 is 1.50 bits per heavy atom. The minimum Gasteiger partial charge on any atom is -1.00 e. The van der Waals surface area contributed by atoms with E-state index in [0.29, 0.717) is 10.0 Å². The predicted molar refractivity (Wildman–Crippen MR) is 97.3 cm³/mol. The van der Waals surface area contributed by atoms with Crippen molar-refractivity contribution in [3.8, 4) is 11.5 Å². The molecule has 1 heterocycles. The van der Waals surface area contributed by atoms with E-state index >= 15 is 0 Å². The highest BCUT2D eigenvalue weighted by Crippen LogP contribution is 2.23. The van der Waals surface area contributed by atoms with Crippen molar-refractivity contribution in [2.24, 2.45) is 0 Å². The number of Topliss-reactive ketones (excluding diaryl/α,β-unsaturated/α-hetero) is 2. The number of phenols is 2. The van der Waals surface area contributed by atoms with Crippen LogP contribution in [0.2, 0.25) is 10.0 Å². The number of carbonyl (C=O) groups excluding carboxylic acids is 2. The first-order chi connectivity index (χ1) is 12.8. The number of aromatic nitrogens is 3. The SMILES string of the molecule is O=C(Cn1c[n+](CC(=O)c2ccc(Cl)cc2O)cn1)c1ccc(Cl)cc1O.[Br-]. The molecule has 3 rings (SSSR count). The summed E-state index contributed by atoms with van der Waals surface area (Å²) in [5.74, 6) is -1.11. The summed E-state index contributed by atoms with van der Waals surface area (Å²) in [5.41, 5.74) is 0.269. The van der Waals surface area contributed by atoms with Crippen LogP contribution in [0.3, 0.4) is 0 Å². The third-order valence-electron chi connectivity index (χ3n) is 3.78. The van der Waals surface area contributed by atoms with Crippen molar-refractivity contribution < 1.29 is 41.4 Å². The number of aromatic hydroxyl groups is 2. The second kappa shape index (κ2) is 9.18. The molecule has 0 aliphatic carbocycles. The molecule has 28 heavy (non-hydrogen) atoms. The van der Waals surface area contributed by atoms with E-state index < -0.39 is 0 Å². The van der Waals surface area contributed by atoms with Crippen molar-refractivity contribution >= 4 is 34.8 Å². The number of ketones is 2. The Bertz CT molecular complexity index is 959. The molecule has 0 aliphatic heterocycles. The molecule has 0 fully saturated rings. The second-order valence-corrected chi connectivity index (χ2v) is 6.66. The average molecular weight is 487 g/mol. The minimum absolute atomic E-state index is 0. The van der Waals surface area contributed by atoms with Crippen LogP contribution in [-0.2, 0) is 13.1 Å². The van der Waals surface area contributed by atoms with E-state index in [1.54, 1.807) is 0 Å². The van der Waals surface area contributed by atoms with Crippen LogP contribution in [0.4, 0.5) is 0 Å². The number of halogens is 3. The molecule has 2 N–H and O–H groups in total. The molecule has 7 nitrogen and oxygen atoms in total. The Morgan fingerprint density at radius 1 is 0.964 bits per heavy atom. The molecule has 0 amide bonds. The monoisotopic (exact) mass is 485 g/mol. The molecular formula is C18H14BrCl2N3O4. The fourth-order valence-electron chi connectivity index (χ4n) is 2.49. The van der Waals surface area contributed by atoms with Gasteiger partial charge in [-0.15, -0.1) is 4.68 Å². The number of hydrogen-bond acceptors (Lipinski definition) is 5. The van der Waals surface area contributed by atoms with Gasteiger partial charge >= 0.3 is 0 Å².